The molecule has 0 saturated heterocycles. The lowest BCUT2D eigenvalue weighted by Gasteiger charge is -2.23. The summed E-state index contributed by atoms with van der Waals surface area (Å²) in [5.41, 5.74) is 0.360. The fraction of sp³-hybridized carbons (Fsp3) is 0.643. The number of amides is 1. The van der Waals surface area contributed by atoms with Gasteiger partial charge >= 0.3 is 0 Å². The van der Waals surface area contributed by atoms with Crippen LogP contribution in [-0.2, 0) is 4.79 Å². The number of carbonyl (C=O) groups is 1. The molecule has 0 spiro atoms. The van der Waals surface area contributed by atoms with Crippen molar-refractivity contribution in [2.75, 3.05) is 0 Å². The summed E-state index contributed by atoms with van der Waals surface area (Å²) in [6, 6.07) is 2.68. The molecule has 1 amide bonds. The van der Waals surface area contributed by atoms with E-state index in [0.717, 1.165) is 18.5 Å². The van der Waals surface area contributed by atoms with Gasteiger partial charge < -0.3 is 5.32 Å². The molecule has 1 aliphatic rings. The second kappa shape index (κ2) is 4.79. The van der Waals surface area contributed by atoms with Crippen LogP contribution in [-0.4, -0.2) is 21.2 Å². The van der Waals surface area contributed by atoms with Gasteiger partial charge in [0.05, 0.1) is 5.69 Å². The molecule has 1 atom stereocenters. The van der Waals surface area contributed by atoms with Crippen molar-refractivity contribution in [3.63, 3.8) is 0 Å². The number of rotatable bonds is 3. The molecule has 0 aromatic carbocycles. The molecule has 1 heterocycles. The monoisotopic (exact) mass is 263 g/mol. The highest BCUT2D eigenvalue weighted by Crippen LogP contribution is 2.38. The first kappa shape index (κ1) is 13.8. The van der Waals surface area contributed by atoms with Crippen molar-refractivity contribution in [3.8, 4) is 0 Å². The van der Waals surface area contributed by atoms with Crippen LogP contribution in [0.2, 0.25) is 0 Å². The maximum absolute atomic E-state index is 12.1. The number of aromatic nitrogens is 2. The van der Waals surface area contributed by atoms with E-state index in [9.17, 15) is 9.59 Å². The van der Waals surface area contributed by atoms with Crippen LogP contribution < -0.4 is 10.9 Å². The number of hydrogen-bond acceptors (Lipinski definition) is 3. The summed E-state index contributed by atoms with van der Waals surface area (Å²) in [5, 5.41) is 7.20. The summed E-state index contributed by atoms with van der Waals surface area (Å²) in [5.74, 6) is 0.278. The van der Waals surface area contributed by atoms with E-state index in [0.29, 0.717) is 5.92 Å². The van der Waals surface area contributed by atoms with Crippen LogP contribution in [0.5, 0.6) is 0 Å². The van der Waals surface area contributed by atoms with E-state index in [4.69, 9.17) is 0 Å². The van der Waals surface area contributed by atoms with Crippen molar-refractivity contribution in [1.82, 2.24) is 15.1 Å². The Morgan fingerprint density at radius 1 is 1.42 bits per heavy atom. The first-order valence-corrected chi connectivity index (χ1v) is 6.70. The van der Waals surface area contributed by atoms with Gasteiger partial charge in [0, 0.05) is 17.5 Å². The minimum atomic E-state index is -0.592. The van der Waals surface area contributed by atoms with E-state index in [1.54, 1.807) is 13.0 Å². The highest BCUT2D eigenvalue weighted by molar-refractivity contribution is 5.80. The molecule has 19 heavy (non-hydrogen) atoms. The zero-order valence-electron chi connectivity index (χ0n) is 11.9. The summed E-state index contributed by atoms with van der Waals surface area (Å²) in [6.45, 7) is 7.43. The van der Waals surface area contributed by atoms with Gasteiger partial charge in [0.1, 0.15) is 6.04 Å². The molecule has 1 unspecified atom stereocenters. The fourth-order valence-electron chi connectivity index (χ4n) is 1.90. The van der Waals surface area contributed by atoms with E-state index in [-0.39, 0.29) is 17.0 Å². The first-order valence-electron chi connectivity index (χ1n) is 6.70. The number of hydrogen-bond donors (Lipinski definition) is 1. The molecule has 1 aromatic heterocycles. The van der Waals surface area contributed by atoms with E-state index in [1.165, 1.54) is 10.7 Å². The van der Waals surface area contributed by atoms with Crippen LogP contribution in [0.3, 0.4) is 0 Å². The Kier molecular flexibility index (Phi) is 3.47. The number of nitrogens with zero attached hydrogens (tertiary/aromatic N) is 2. The molecule has 5 heteroatoms. The molecule has 1 saturated carbocycles. The summed E-state index contributed by atoms with van der Waals surface area (Å²) in [6.07, 6.45) is 2.24. The Morgan fingerprint density at radius 2 is 2.05 bits per heavy atom. The lowest BCUT2D eigenvalue weighted by Crippen LogP contribution is -2.45. The molecular weight excluding hydrogens is 242 g/mol. The molecule has 1 N–H and O–H groups in total. The maximum atomic E-state index is 12.1. The second-order valence-corrected chi connectivity index (χ2v) is 6.23. The highest BCUT2D eigenvalue weighted by atomic mass is 16.2. The third-order valence-electron chi connectivity index (χ3n) is 3.09. The topological polar surface area (TPSA) is 64.0 Å². The van der Waals surface area contributed by atoms with Crippen LogP contribution in [0.4, 0.5) is 0 Å². The molecule has 2 rings (SSSR count). The lowest BCUT2D eigenvalue weighted by molar-refractivity contribution is -0.125. The van der Waals surface area contributed by atoms with Gasteiger partial charge in [0.25, 0.3) is 5.56 Å². The first-order chi connectivity index (χ1) is 8.78. The Hall–Kier alpha value is -1.65. The Morgan fingerprint density at radius 3 is 2.58 bits per heavy atom. The van der Waals surface area contributed by atoms with Gasteiger partial charge in [0.2, 0.25) is 5.91 Å². The lowest BCUT2D eigenvalue weighted by atomic mass is 10.1. The molecule has 104 valence electrons. The van der Waals surface area contributed by atoms with Gasteiger partial charge in [-0.1, -0.05) is 0 Å². The van der Waals surface area contributed by atoms with Crippen molar-refractivity contribution >= 4 is 5.91 Å². The van der Waals surface area contributed by atoms with Crippen LogP contribution in [0.15, 0.2) is 16.9 Å². The van der Waals surface area contributed by atoms with E-state index < -0.39 is 6.04 Å². The van der Waals surface area contributed by atoms with Crippen molar-refractivity contribution in [2.45, 2.75) is 58.0 Å². The summed E-state index contributed by atoms with van der Waals surface area (Å²) < 4.78 is 1.29. The second-order valence-electron chi connectivity index (χ2n) is 6.23. The minimum Gasteiger partial charge on any atom is -0.350 e. The Labute approximate surface area is 113 Å². The third kappa shape index (κ3) is 3.43. The van der Waals surface area contributed by atoms with Crippen LogP contribution in [0.25, 0.3) is 0 Å². The van der Waals surface area contributed by atoms with Gasteiger partial charge in [-0.05, 0) is 46.6 Å². The standard InChI is InChI=1S/C14H21N3O2/c1-9(13(19)15-14(2,3)4)17-12(18)8-7-11(16-17)10-5-6-10/h7-10H,5-6H2,1-4H3,(H,15,19). The molecule has 1 aromatic rings. The van der Waals surface area contributed by atoms with Gasteiger partial charge in [-0.2, -0.15) is 5.10 Å². The van der Waals surface area contributed by atoms with Gasteiger partial charge in [-0.25, -0.2) is 4.68 Å². The molecule has 0 bridgehead atoms. The zero-order chi connectivity index (χ0) is 14.2. The predicted molar refractivity (Wildman–Crippen MR) is 73.1 cm³/mol. The molecule has 5 nitrogen and oxygen atoms in total. The Bertz CT molecular complexity index is 538. The van der Waals surface area contributed by atoms with E-state index in [1.807, 2.05) is 20.8 Å². The maximum Gasteiger partial charge on any atom is 0.267 e. The largest absolute Gasteiger partial charge is 0.350 e. The quantitative estimate of drug-likeness (QED) is 0.900. The fourth-order valence-corrected chi connectivity index (χ4v) is 1.90. The molecule has 0 radical (unpaired) electrons. The third-order valence-corrected chi connectivity index (χ3v) is 3.09. The highest BCUT2D eigenvalue weighted by Gasteiger charge is 2.27. The SMILES string of the molecule is CC(C(=O)NC(C)(C)C)n1nc(C2CC2)ccc1=O. The van der Waals surface area contributed by atoms with E-state index in [2.05, 4.69) is 10.4 Å². The van der Waals surface area contributed by atoms with Gasteiger partial charge in [-0.3, -0.25) is 9.59 Å². The average Bonchev–Trinajstić information content (AvgIpc) is 3.10. The molecular formula is C14H21N3O2. The zero-order valence-corrected chi connectivity index (χ0v) is 11.9. The summed E-state index contributed by atoms with van der Waals surface area (Å²) >= 11 is 0. The van der Waals surface area contributed by atoms with Crippen molar-refractivity contribution in [1.29, 1.82) is 0 Å². The number of carbonyl (C=O) groups excluding carboxylic acids is 1. The summed E-state index contributed by atoms with van der Waals surface area (Å²) in [7, 11) is 0. The van der Waals surface area contributed by atoms with Crippen LogP contribution >= 0.6 is 0 Å². The van der Waals surface area contributed by atoms with Gasteiger partial charge in [-0.15, -0.1) is 0 Å². The van der Waals surface area contributed by atoms with Gasteiger partial charge in [0.15, 0.2) is 0 Å². The van der Waals surface area contributed by atoms with E-state index >= 15 is 0 Å². The Balaban J connectivity index is 2.22. The molecule has 1 aliphatic carbocycles. The summed E-state index contributed by atoms with van der Waals surface area (Å²) in [4.78, 5) is 23.9. The molecule has 0 aliphatic heterocycles. The van der Waals surface area contributed by atoms with Crippen molar-refractivity contribution in [2.24, 2.45) is 0 Å². The smallest absolute Gasteiger partial charge is 0.267 e. The van der Waals surface area contributed by atoms with Crippen LogP contribution in [0.1, 0.15) is 58.2 Å². The van der Waals surface area contributed by atoms with Crippen molar-refractivity contribution in [3.05, 3.63) is 28.2 Å². The van der Waals surface area contributed by atoms with Crippen LogP contribution in [0, 0.1) is 0 Å². The average molecular weight is 263 g/mol. The van der Waals surface area contributed by atoms with Crippen molar-refractivity contribution < 1.29 is 4.79 Å². The molecule has 1 fully saturated rings. The predicted octanol–water partition coefficient (Wildman–Crippen LogP) is 1.60. The normalized spacial score (nSPS) is 17.1. The minimum absolute atomic E-state index is 0.185. The number of nitrogens with one attached hydrogen (secondary N) is 1.